The van der Waals surface area contributed by atoms with Gasteiger partial charge in [-0.15, -0.1) is 0 Å². The Bertz CT molecular complexity index is 546. The van der Waals surface area contributed by atoms with Crippen LogP contribution in [0.15, 0.2) is 18.2 Å². The van der Waals surface area contributed by atoms with Gasteiger partial charge in [-0.05, 0) is 66.5 Å². The van der Waals surface area contributed by atoms with Crippen LogP contribution in [-0.4, -0.2) is 4.98 Å². The maximum atomic E-state index is 4.75. The van der Waals surface area contributed by atoms with E-state index in [4.69, 9.17) is 4.98 Å². The van der Waals surface area contributed by atoms with Gasteiger partial charge in [0.1, 0.15) is 0 Å². The smallest absolute Gasteiger partial charge is 0.0716 e. The van der Waals surface area contributed by atoms with Crippen molar-refractivity contribution in [3.8, 4) is 0 Å². The van der Waals surface area contributed by atoms with Crippen LogP contribution in [-0.2, 0) is 12.8 Å². The van der Waals surface area contributed by atoms with Crippen LogP contribution in [0.5, 0.6) is 0 Å². The predicted molar refractivity (Wildman–Crippen MR) is 71.2 cm³/mol. The van der Waals surface area contributed by atoms with E-state index >= 15 is 0 Å². The Hall–Kier alpha value is -0.640. The average molecular weight is 309 g/mol. The van der Waals surface area contributed by atoms with E-state index in [1.165, 1.54) is 38.6 Å². The highest BCUT2D eigenvalue weighted by Crippen LogP contribution is 2.31. The Balaban J connectivity index is 2.41. The lowest BCUT2D eigenvalue weighted by molar-refractivity contribution is 0.900. The lowest BCUT2D eigenvalue weighted by atomic mass is 10.1. The van der Waals surface area contributed by atoms with Crippen molar-refractivity contribution in [3.63, 3.8) is 0 Å². The average Bonchev–Trinajstić information content (AvgIpc) is 2.68. The van der Waals surface area contributed by atoms with Crippen LogP contribution in [0, 0.1) is 10.5 Å². The van der Waals surface area contributed by atoms with Crippen LogP contribution in [0.3, 0.4) is 0 Å². The molecule has 1 aromatic carbocycles. The molecule has 0 aliphatic heterocycles. The maximum Gasteiger partial charge on any atom is 0.0716 e. The van der Waals surface area contributed by atoms with E-state index in [1.54, 1.807) is 0 Å². The summed E-state index contributed by atoms with van der Waals surface area (Å²) in [5, 5.41) is 1.33. The van der Waals surface area contributed by atoms with Crippen molar-refractivity contribution in [1.29, 1.82) is 0 Å². The molecule has 15 heavy (non-hydrogen) atoms. The summed E-state index contributed by atoms with van der Waals surface area (Å²) in [5.41, 5.74) is 5.30. The van der Waals surface area contributed by atoms with Crippen LogP contribution in [0.1, 0.15) is 23.2 Å². The number of benzene rings is 1. The summed E-state index contributed by atoms with van der Waals surface area (Å²) in [6, 6.07) is 6.54. The molecule has 2 aromatic rings. The topological polar surface area (TPSA) is 12.9 Å². The van der Waals surface area contributed by atoms with Gasteiger partial charge >= 0.3 is 0 Å². The Labute approximate surface area is 103 Å². The molecule has 2 heteroatoms. The molecular weight excluding hydrogens is 297 g/mol. The van der Waals surface area contributed by atoms with Crippen molar-refractivity contribution in [1.82, 2.24) is 4.98 Å². The number of hydrogen-bond donors (Lipinski definition) is 0. The zero-order valence-corrected chi connectivity index (χ0v) is 10.8. The van der Waals surface area contributed by atoms with E-state index in [9.17, 15) is 0 Å². The lowest BCUT2D eigenvalue weighted by Gasteiger charge is -2.07. The number of aryl methyl sites for hydroxylation is 2. The molecule has 1 nitrogen and oxygen atoms in total. The highest BCUT2D eigenvalue weighted by molar-refractivity contribution is 14.1. The van der Waals surface area contributed by atoms with Crippen LogP contribution in [0.25, 0.3) is 10.9 Å². The lowest BCUT2D eigenvalue weighted by Crippen LogP contribution is -1.94. The monoisotopic (exact) mass is 309 g/mol. The number of aromatic nitrogens is 1. The molecule has 0 amide bonds. The molecular formula is C13H12IN. The van der Waals surface area contributed by atoms with Crippen LogP contribution in [0.4, 0.5) is 0 Å². The summed E-state index contributed by atoms with van der Waals surface area (Å²) >= 11 is 2.48. The molecule has 0 bridgehead atoms. The fourth-order valence-electron chi connectivity index (χ4n) is 2.32. The highest BCUT2D eigenvalue weighted by atomic mass is 127. The van der Waals surface area contributed by atoms with E-state index in [0.29, 0.717) is 0 Å². The van der Waals surface area contributed by atoms with Gasteiger partial charge in [0.25, 0.3) is 0 Å². The van der Waals surface area contributed by atoms with Gasteiger partial charge in [0.15, 0.2) is 0 Å². The van der Waals surface area contributed by atoms with E-state index in [0.717, 1.165) is 11.9 Å². The van der Waals surface area contributed by atoms with Crippen molar-refractivity contribution < 1.29 is 0 Å². The molecule has 1 aliphatic carbocycles. The molecule has 0 fully saturated rings. The third-order valence-corrected chi connectivity index (χ3v) is 4.33. The first-order chi connectivity index (χ1) is 7.25. The van der Waals surface area contributed by atoms with E-state index < -0.39 is 0 Å². The van der Waals surface area contributed by atoms with Gasteiger partial charge in [-0.25, -0.2) is 0 Å². The molecule has 0 saturated carbocycles. The number of hydrogen-bond acceptors (Lipinski definition) is 1. The van der Waals surface area contributed by atoms with Crippen LogP contribution >= 0.6 is 22.6 Å². The fourth-order valence-corrected chi connectivity index (χ4v) is 3.33. The molecule has 1 heterocycles. The molecule has 1 aliphatic rings. The van der Waals surface area contributed by atoms with E-state index in [1.807, 2.05) is 0 Å². The molecule has 0 spiro atoms. The predicted octanol–water partition coefficient (Wildman–Crippen LogP) is 3.64. The van der Waals surface area contributed by atoms with Gasteiger partial charge in [0, 0.05) is 14.7 Å². The third-order valence-electron chi connectivity index (χ3n) is 3.10. The van der Waals surface area contributed by atoms with E-state index in [2.05, 4.69) is 47.7 Å². The minimum absolute atomic E-state index is 1.16. The number of rotatable bonds is 0. The fraction of sp³-hybridized carbons (Fsp3) is 0.308. The van der Waals surface area contributed by atoms with Crippen LogP contribution in [0.2, 0.25) is 0 Å². The maximum absolute atomic E-state index is 4.75. The number of pyridine rings is 1. The SMILES string of the molecule is Cc1ccc2nc3c(c(I)c2c1)CCC3. The Morgan fingerprint density at radius 3 is 3.00 bits per heavy atom. The zero-order chi connectivity index (χ0) is 10.4. The summed E-state index contributed by atoms with van der Waals surface area (Å²) in [5.74, 6) is 0. The minimum Gasteiger partial charge on any atom is -0.252 e. The van der Waals surface area contributed by atoms with Gasteiger partial charge < -0.3 is 0 Å². The minimum atomic E-state index is 1.16. The summed E-state index contributed by atoms with van der Waals surface area (Å²) in [6.07, 6.45) is 3.65. The van der Waals surface area contributed by atoms with Crippen molar-refractivity contribution in [3.05, 3.63) is 38.6 Å². The number of nitrogens with zero attached hydrogens (tertiary/aromatic N) is 1. The first-order valence-electron chi connectivity index (χ1n) is 5.33. The Kier molecular flexibility index (Phi) is 2.20. The van der Waals surface area contributed by atoms with E-state index in [-0.39, 0.29) is 0 Å². The number of fused-ring (bicyclic) bond motifs is 2. The molecule has 0 radical (unpaired) electrons. The molecule has 0 saturated heterocycles. The van der Waals surface area contributed by atoms with Crippen molar-refractivity contribution in [2.24, 2.45) is 0 Å². The van der Waals surface area contributed by atoms with Gasteiger partial charge in [0.2, 0.25) is 0 Å². The van der Waals surface area contributed by atoms with Gasteiger partial charge in [-0.1, -0.05) is 11.6 Å². The van der Waals surface area contributed by atoms with Gasteiger partial charge in [-0.2, -0.15) is 0 Å². The van der Waals surface area contributed by atoms with Crippen molar-refractivity contribution in [2.75, 3.05) is 0 Å². The second kappa shape index (κ2) is 3.44. The zero-order valence-electron chi connectivity index (χ0n) is 8.68. The molecule has 0 atom stereocenters. The first-order valence-corrected chi connectivity index (χ1v) is 6.41. The summed E-state index contributed by atoms with van der Waals surface area (Å²) in [7, 11) is 0. The second-order valence-corrected chi connectivity index (χ2v) is 5.30. The largest absolute Gasteiger partial charge is 0.252 e. The quantitative estimate of drug-likeness (QED) is 0.677. The molecule has 0 N–H and O–H groups in total. The standard InChI is InChI=1S/C13H12IN/c1-8-5-6-12-10(7-8)13(14)9-3-2-4-11(9)15-12/h5-7H,2-4H2,1H3. The van der Waals surface area contributed by atoms with Crippen molar-refractivity contribution >= 4 is 33.5 Å². The Morgan fingerprint density at radius 1 is 1.27 bits per heavy atom. The van der Waals surface area contributed by atoms with Gasteiger partial charge in [-0.3, -0.25) is 4.98 Å². The highest BCUT2D eigenvalue weighted by Gasteiger charge is 2.17. The molecule has 0 unspecified atom stereocenters. The summed E-state index contributed by atoms with van der Waals surface area (Å²) in [4.78, 5) is 4.75. The molecule has 76 valence electrons. The molecule has 1 aromatic heterocycles. The number of halogens is 1. The Morgan fingerprint density at radius 2 is 2.13 bits per heavy atom. The van der Waals surface area contributed by atoms with Gasteiger partial charge in [0.05, 0.1) is 5.52 Å². The normalized spacial score (nSPS) is 14.5. The second-order valence-electron chi connectivity index (χ2n) is 4.23. The third kappa shape index (κ3) is 1.46. The molecule has 3 rings (SSSR count). The van der Waals surface area contributed by atoms with Crippen molar-refractivity contribution in [2.45, 2.75) is 26.2 Å². The van der Waals surface area contributed by atoms with Crippen LogP contribution < -0.4 is 0 Å². The summed E-state index contributed by atoms with van der Waals surface area (Å²) < 4.78 is 1.42. The summed E-state index contributed by atoms with van der Waals surface area (Å²) in [6.45, 7) is 2.14. The first kappa shape index (κ1) is 9.58.